The molecule has 1 atom stereocenters. The number of anilines is 2. The predicted molar refractivity (Wildman–Crippen MR) is 119 cm³/mol. The maximum absolute atomic E-state index is 13.4. The third-order valence-corrected chi connectivity index (χ3v) is 7.55. The van der Waals surface area contributed by atoms with E-state index in [0.29, 0.717) is 32.5 Å². The highest BCUT2D eigenvalue weighted by molar-refractivity contribution is 7.93. The Labute approximate surface area is 189 Å². The van der Waals surface area contributed by atoms with Gasteiger partial charge in [0.05, 0.1) is 12.2 Å². The van der Waals surface area contributed by atoms with Crippen molar-refractivity contribution < 1.29 is 30.9 Å². The average molecular weight is 481 g/mol. The zero-order chi connectivity index (χ0) is 23.4. The van der Waals surface area contributed by atoms with Crippen molar-refractivity contribution in [3.63, 3.8) is 0 Å². The molecule has 3 aliphatic rings. The first kappa shape index (κ1) is 22.1. The molecule has 1 N–H and O–H groups in total. The van der Waals surface area contributed by atoms with Gasteiger partial charge in [-0.3, -0.25) is 14.2 Å². The number of fused-ring (bicyclic) bond motifs is 4. The second-order valence-corrected chi connectivity index (χ2v) is 9.79. The van der Waals surface area contributed by atoms with Crippen LogP contribution in [-0.4, -0.2) is 57.3 Å². The maximum Gasteiger partial charge on any atom is 0.420 e. The molecule has 1 unspecified atom stereocenters. The predicted octanol–water partition coefficient (Wildman–Crippen LogP) is 3.00. The molecule has 0 spiro atoms. The Hall–Kier alpha value is -2.76. The van der Waals surface area contributed by atoms with Gasteiger partial charge in [-0.2, -0.15) is 17.4 Å². The number of aryl methyl sites for hydroxylation is 1. The maximum atomic E-state index is 13.4. The normalized spacial score (nSPS) is 23.0. The highest BCUT2D eigenvalue weighted by atomic mass is 32.2. The standard InChI is InChI=1S/C22H22F3N3O4S/c23-22(24,25)16-5-3-7-18-21(16)32-33(30,31)20-14-26(11-13-28(18)20)10-12-27-17-6-2-1-4-15(17)8-9-19(27)29/h1-7H,8-14H2,(H,30,31). The first-order valence-corrected chi connectivity index (χ1v) is 12.0. The van der Waals surface area contributed by atoms with E-state index in [2.05, 4.69) is 0 Å². The molecule has 1 saturated heterocycles. The van der Waals surface area contributed by atoms with Gasteiger partial charge in [0.2, 0.25) is 5.91 Å². The van der Waals surface area contributed by atoms with Crippen molar-refractivity contribution in [3.05, 3.63) is 53.6 Å². The Bertz CT molecular complexity index is 1240. The molecule has 0 aliphatic carbocycles. The van der Waals surface area contributed by atoms with Crippen LogP contribution in [0.2, 0.25) is 0 Å². The molecule has 0 bridgehead atoms. The number of nitrogens with zero attached hydrogens (tertiary/aromatic N) is 3. The van der Waals surface area contributed by atoms with E-state index in [9.17, 15) is 26.7 Å². The molecule has 1 amide bonds. The second kappa shape index (κ2) is 7.93. The van der Waals surface area contributed by atoms with Gasteiger partial charge < -0.3 is 14.0 Å². The Morgan fingerprint density at radius 3 is 2.55 bits per heavy atom. The van der Waals surface area contributed by atoms with E-state index < -0.39 is 27.6 Å². The summed E-state index contributed by atoms with van der Waals surface area (Å²) < 4.78 is 68.6. The number of benzene rings is 2. The second-order valence-electron chi connectivity index (χ2n) is 8.21. The van der Waals surface area contributed by atoms with Crippen LogP contribution in [0.15, 0.2) is 42.5 Å². The van der Waals surface area contributed by atoms with E-state index in [0.717, 1.165) is 17.3 Å². The monoisotopic (exact) mass is 481 g/mol. The lowest BCUT2D eigenvalue weighted by molar-refractivity contribution is -0.138. The number of alkyl halides is 3. The molecule has 0 saturated carbocycles. The summed E-state index contributed by atoms with van der Waals surface area (Å²) in [5.74, 6) is -0.592. The number of carbonyl (C=O) groups excluding carboxylic acids is 1. The molecule has 1 fully saturated rings. The van der Waals surface area contributed by atoms with Crippen molar-refractivity contribution in [3.8, 4) is 5.75 Å². The van der Waals surface area contributed by atoms with Crippen molar-refractivity contribution in [2.75, 3.05) is 42.5 Å². The molecule has 11 heteroatoms. The van der Waals surface area contributed by atoms with Gasteiger partial charge in [0.15, 0.2) is 5.75 Å². The highest BCUT2D eigenvalue weighted by Crippen LogP contribution is 2.44. The zero-order valence-electron chi connectivity index (χ0n) is 17.5. The largest absolute Gasteiger partial charge is 0.420 e. The molecular formula is C22H22F3N3O4S. The summed E-state index contributed by atoms with van der Waals surface area (Å²) in [6.07, 6.45) is -3.58. The number of carbonyl (C=O) groups is 1. The van der Waals surface area contributed by atoms with E-state index in [4.69, 9.17) is 4.18 Å². The van der Waals surface area contributed by atoms with Crippen LogP contribution in [0.5, 0.6) is 5.75 Å². The fourth-order valence-corrected chi connectivity index (χ4v) is 5.89. The van der Waals surface area contributed by atoms with Crippen LogP contribution in [0.1, 0.15) is 17.5 Å². The Morgan fingerprint density at radius 2 is 1.76 bits per heavy atom. The van der Waals surface area contributed by atoms with E-state index >= 15 is 0 Å². The summed E-state index contributed by atoms with van der Waals surface area (Å²) in [6.45, 7) is 1.59. The Balaban J connectivity index is 1.37. The number of hydrogen-bond acceptors (Lipinski definition) is 5. The Kier molecular flexibility index (Phi) is 5.30. The molecule has 0 radical (unpaired) electrons. The zero-order valence-corrected chi connectivity index (χ0v) is 18.4. The van der Waals surface area contributed by atoms with Gasteiger partial charge in [-0.05, 0) is 30.2 Å². The quantitative estimate of drug-likeness (QED) is 0.680. The number of halogens is 3. The summed E-state index contributed by atoms with van der Waals surface area (Å²) >= 11 is 0. The van der Waals surface area contributed by atoms with Crippen molar-refractivity contribution in [2.45, 2.75) is 19.0 Å². The van der Waals surface area contributed by atoms with Gasteiger partial charge >= 0.3 is 6.18 Å². The highest BCUT2D eigenvalue weighted by Gasteiger charge is 2.42. The topological polar surface area (TPSA) is 73.3 Å². The van der Waals surface area contributed by atoms with Crippen LogP contribution in [-0.2, 0) is 27.5 Å². The molecule has 5 rings (SSSR count). The fraction of sp³-hybridized carbons (Fsp3) is 0.364. The fourth-order valence-electron chi connectivity index (χ4n) is 4.58. The molecule has 7 nitrogen and oxygen atoms in total. The lowest BCUT2D eigenvalue weighted by Crippen LogP contribution is -2.56. The molecule has 2 aromatic rings. The van der Waals surface area contributed by atoms with Gasteiger partial charge in [-0.1, -0.05) is 24.3 Å². The van der Waals surface area contributed by atoms with Crippen molar-refractivity contribution in [1.29, 1.82) is 0 Å². The van der Waals surface area contributed by atoms with Crippen molar-refractivity contribution >= 4 is 32.4 Å². The van der Waals surface area contributed by atoms with Crippen LogP contribution >= 0.6 is 0 Å². The summed E-state index contributed by atoms with van der Waals surface area (Å²) in [5, 5.41) is 0. The third-order valence-electron chi connectivity index (χ3n) is 6.22. The molecule has 3 aliphatic heterocycles. The molecule has 0 aromatic heterocycles. The van der Waals surface area contributed by atoms with Gasteiger partial charge in [0.25, 0.3) is 10.1 Å². The van der Waals surface area contributed by atoms with Crippen LogP contribution < -0.4 is 14.0 Å². The molecule has 2 aromatic carbocycles. The van der Waals surface area contributed by atoms with Gasteiger partial charge in [-0.15, -0.1) is 0 Å². The van der Waals surface area contributed by atoms with Crippen LogP contribution in [0.25, 0.3) is 0 Å². The minimum atomic E-state index is -4.71. The molecule has 33 heavy (non-hydrogen) atoms. The van der Waals surface area contributed by atoms with Gasteiger partial charge in [0, 0.05) is 38.3 Å². The van der Waals surface area contributed by atoms with E-state index in [1.807, 2.05) is 29.2 Å². The van der Waals surface area contributed by atoms with Crippen molar-refractivity contribution in [1.82, 2.24) is 4.90 Å². The number of para-hydroxylation sites is 2. The minimum absolute atomic E-state index is 0.0194. The first-order valence-electron chi connectivity index (χ1n) is 10.6. The average Bonchev–Trinajstić information content (AvgIpc) is 2.77. The summed E-state index contributed by atoms with van der Waals surface area (Å²) in [5.41, 5.74) is 1.03. The third kappa shape index (κ3) is 3.94. The Morgan fingerprint density at radius 1 is 1.00 bits per heavy atom. The number of amides is 1. The SMILES string of the molecule is O=C1CCc2ccccc2N1CCN1CCN2C(=S(=O)(O)Oc3c2cccc3C(F)(F)F)C1. The first-order chi connectivity index (χ1) is 15.6. The minimum Gasteiger partial charge on any atom is -0.385 e. The van der Waals surface area contributed by atoms with Crippen LogP contribution in [0.3, 0.4) is 0 Å². The van der Waals surface area contributed by atoms with Crippen LogP contribution in [0, 0.1) is 0 Å². The molecule has 3 heterocycles. The lowest BCUT2D eigenvalue weighted by Gasteiger charge is -2.42. The van der Waals surface area contributed by atoms with E-state index in [1.165, 1.54) is 17.0 Å². The van der Waals surface area contributed by atoms with Crippen LogP contribution in [0.4, 0.5) is 24.5 Å². The lowest BCUT2D eigenvalue weighted by atomic mass is 10.0. The number of piperazine rings is 1. The van der Waals surface area contributed by atoms with Gasteiger partial charge in [-0.25, -0.2) is 0 Å². The smallest absolute Gasteiger partial charge is 0.385 e. The summed E-state index contributed by atoms with van der Waals surface area (Å²) in [6, 6.07) is 11.3. The number of rotatable bonds is 3. The summed E-state index contributed by atoms with van der Waals surface area (Å²) in [4.78, 5) is 17.6. The van der Waals surface area contributed by atoms with E-state index in [1.54, 1.807) is 4.90 Å². The van der Waals surface area contributed by atoms with E-state index in [-0.39, 0.29) is 29.7 Å². The molecule has 176 valence electrons. The molecular weight excluding hydrogens is 459 g/mol. The van der Waals surface area contributed by atoms with Crippen molar-refractivity contribution in [2.24, 2.45) is 0 Å². The van der Waals surface area contributed by atoms with Gasteiger partial charge in [0.1, 0.15) is 10.6 Å². The number of hydrogen-bond donors (Lipinski definition) is 1. The summed E-state index contributed by atoms with van der Waals surface area (Å²) in [7, 11) is -4.14.